The molecule has 0 aliphatic carbocycles. The zero-order chi connectivity index (χ0) is 20.8. The Morgan fingerprint density at radius 3 is 2.47 bits per heavy atom. The van der Waals surface area contributed by atoms with E-state index in [9.17, 15) is 0 Å². The van der Waals surface area contributed by atoms with E-state index in [1.807, 2.05) is 60.8 Å². The van der Waals surface area contributed by atoms with Crippen LogP contribution in [0.2, 0.25) is 0 Å². The average Bonchev–Trinajstić information content (AvgIpc) is 3.29. The van der Waals surface area contributed by atoms with E-state index in [1.165, 1.54) is 5.56 Å². The largest absolute Gasteiger partial charge is 0.493 e. The van der Waals surface area contributed by atoms with Gasteiger partial charge in [0.15, 0.2) is 11.5 Å². The summed E-state index contributed by atoms with van der Waals surface area (Å²) in [4.78, 5) is 9.36. The molecule has 30 heavy (non-hydrogen) atoms. The van der Waals surface area contributed by atoms with Gasteiger partial charge in [-0.3, -0.25) is 10.3 Å². The highest BCUT2D eigenvalue weighted by Gasteiger charge is 2.16. The lowest BCUT2D eigenvalue weighted by molar-refractivity contribution is 0.355. The molecule has 4 rings (SSSR count). The predicted molar refractivity (Wildman–Crippen MR) is 120 cm³/mol. The second kappa shape index (κ2) is 9.52. The maximum atomic E-state index is 5.41. The Balaban J connectivity index is 1.53. The zero-order valence-corrected chi connectivity index (χ0v) is 17.7. The van der Waals surface area contributed by atoms with E-state index in [4.69, 9.17) is 14.5 Å². The van der Waals surface area contributed by atoms with Gasteiger partial charge in [0.1, 0.15) is 5.01 Å². The van der Waals surface area contributed by atoms with E-state index in [0.717, 1.165) is 22.0 Å². The van der Waals surface area contributed by atoms with Crippen molar-refractivity contribution in [1.82, 2.24) is 15.3 Å². The molecular weight excluding hydrogens is 394 g/mol. The second-order valence-corrected chi connectivity index (χ2v) is 7.55. The normalized spacial score (nSPS) is 11.8. The molecule has 152 valence electrons. The molecule has 5 nitrogen and oxygen atoms in total. The summed E-state index contributed by atoms with van der Waals surface area (Å²) in [7, 11) is 3.27. The molecule has 0 fully saturated rings. The second-order valence-electron chi connectivity index (χ2n) is 6.69. The van der Waals surface area contributed by atoms with Gasteiger partial charge in [-0.1, -0.05) is 36.4 Å². The van der Waals surface area contributed by atoms with Crippen LogP contribution in [0.4, 0.5) is 0 Å². The first-order valence-electron chi connectivity index (χ1n) is 9.64. The van der Waals surface area contributed by atoms with Crippen LogP contribution in [0.3, 0.4) is 0 Å². The Morgan fingerprint density at radius 1 is 0.933 bits per heavy atom. The van der Waals surface area contributed by atoms with Crippen molar-refractivity contribution in [2.45, 2.75) is 12.6 Å². The Kier molecular flexibility index (Phi) is 6.37. The topological polar surface area (TPSA) is 56.3 Å². The summed E-state index contributed by atoms with van der Waals surface area (Å²) in [6.45, 7) is 0.639. The summed E-state index contributed by atoms with van der Waals surface area (Å²) in [5, 5.41) is 6.64. The molecular formula is C24H23N3O2S. The maximum absolute atomic E-state index is 5.41. The molecule has 2 aromatic heterocycles. The Hall–Kier alpha value is -3.22. The molecule has 0 bridgehead atoms. The van der Waals surface area contributed by atoms with Crippen LogP contribution in [0.15, 0.2) is 78.3 Å². The van der Waals surface area contributed by atoms with Crippen molar-refractivity contribution in [3.05, 3.63) is 95.3 Å². The van der Waals surface area contributed by atoms with Crippen LogP contribution in [-0.4, -0.2) is 24.2 Å². The summed E-state index contributed by atoms with van der Waals surface area (Å²) in [5.74, 6) is 1.41. The van der Waals surface area contributed by atoms with E-state index in [0.29, 0.717) is 18.0 Å². The molecule has 0 radical (unpaired) electrons. The Bertz CT molecular complexity index is 1040. The van der Waals surface area contributed by atoms with Gasteiger partial charge in [-0.15, -0.1) is 11.3 Å². The molecule has 0 saturated heterocycles. The third-order valence-corrected chi connectivity index (χ3v) is 5.73. The van der Waals surface area contributed by atoms with Crippen molar-refractivity contribution in [2.75, 3.05) is 14.2 Å². The molecule has 2 heterocycles. The quantitative estimate of drug-likeness (QED) is 0.432. The number of nitrogens with zero attached hydrogens (tertiary/aromatic N) is 2. The molecule has 0 aliphatic rings. The molecule has 0 saturated carbocycles. The van der Waals surface area contributed by atoms with Crippen LogP contribution in [0.25, 0.3) is 10.6 Å². The third-order valence-electron chi connectivity index (χ3n) is 4.79. The van der Waals surface area contributed by atoms with Gasteiger partial charge in [-0.05, 0) is 35.9 Å². The molecule has 2 aromatic carbocycles. The van der Waals surface area contributed by atoms with E-state index in [-0.39, 0.29) is 6.04 Å². The van der Waals surface area contributed by atoms with Gasteiger partial charge in [0.2, 0.25) is 0 Å². The number of pyridine rings is 1. The Labute approximate surface area is 180 Å². The van der Waals surface area contributed by atoms with Crippen LogP contribution in [0.5, 0.6) is 11.5 Å². The Morgan fingerprint density at radius 2 is 1.73 bits per heavy atom. The number of rotatable bonds is 8. The number of aromatic nitrogens is 2. The number of methoxy groups -OCH3 is 2. The predicted octanol–water partition coefficient (Wildman–Crippen LogP) is 5.10. The standard InChI is InChI=1S/C24H23N3O2S/c1-28-21-12-11-18(14-22(21)29-2)24-27-19(16-30-24)15-26-23(17-8-4-3-5-9-17)20-10-6-7-13-25-20/h3-14,16,23,26H,15H2,1-2H3. The SMILES string of the molecule is COc1ccc(-c2nc(CNC(c3ccccc3)c3ccccn3)cs2)cc1OC. The fourth-order valence-electron chi connectivity index (χ4n) is 3.28. The highest BCUT2D eigenvalue weighted by Crippen LogP contribution is 2.33. The number of ether oxygens (including phenoxy) is 2. The van der Waals surface area contributed by atoms with Gasteiger partial charge in [0.25, 0.3) is 0 Å². The van der Waals surface area contributed by atoms with Gasteiger partial charge >= 0.3 is 0 Å². The lowest BCUT2D eigenvalue weighted by Gasteiger charge is -2.18. The highest BCUT2D eigenvalue weighted by atomic mass is 32.1. The molecule has 1 atom stereocenters. The zero-order valence-electron chi connectivity index (χ0n) is 16.9. The molecule has 4 aromatic rings. The minimum absolute atomic E-state index is 0.00127. The molecule has 1 N–H and O–H groups in total. The average molecular weight is 418 g/mol. The summed E-state index contributed by atoms with van der Waals surface area (Å²) in [6.07, 6.45) is 1.82. The number of thiazole rings is 1. The lowest BCUT2D eigenvalue weighted by Crippen LogP contribution is -2.23. The molecule has 1 unspecified atom stereocenters. The van der Waals surface area contributed by atoms with E-state index >= 15 is 0 Å². The van der Waals surface area contributed by atoms with E-state index < -0.39 is 0 Å². The van der Waals surface area contributed by atoms with Gasteiger partial charge in [-0.2, -0.15) is 0 Å². The van der Waals surface area contributed by atoms with Crippen LogP contribution in [-0.2, 0) is 6.54 Å². The number of hydrogen-bond donors (Lipinski definition) is 1. The van der Waals surface area contributed by atoms with Crippen molar-refractivity contribution in [3.8, 4) is 22.1 Å². The fraction of sp³-hybridized carbons (Fsp3) is 0.167. The first-order chi connectivity index (χ1) is 14.8. The van der Waals surface area contributed by atoms with Gasteiger partial charge < -0.3 is 9.47 Å². The van der Waals surface area contributed by atoms with Crippen LogP contribution < -0.4 is 14.8 Å². The van der Waals surface area contributed by atoms with Crippen LogP contribution in [0.1, 0.15) is 23.0 Å². The first-order valence-corrected chi connectivity index (χ1v) is 10.5. The summed E-state index contributed by atoms with van der Waals surface area (Å²) in [6, 6.07) is 22.2. The number of nitrogens with one attached hydrogen (secondary N) is 1. The van der Waals surface area contributed by atoms with Crippen LogP contribution in [0, 0.1) is 0 Å². The van der Waals surface area contributed by atoms with Crippen molar-refractivity contribution in [3.63, 3.8) is 0 Å². The minimum atomic E-state index is -0.00127. The van der Waals surface area contributed by atoms with Gasteiger partial charge in [0, 0.05) is 23.7 Å². The van der Waals surface area contributed by atoms with Gasteiger partial charge in [0.05, 0.1) is 31.6 Å². The van der Waals surface area contributed by atoms with E-state index in [2.05, 4.69) is 27.8 Å². The van der Waals surface area contributed by atoms with Crippen molar-refractivity contribution < 1.29 is 9.47 Å². The highest BCUT2D eigenvalue weighted by molar-refractivity contribution is 7.13. The third kappa shape index (κ3) is 4.50. The monoisotopic (exact) mass is 417 g/mol. The van der Waals surface area contributed by atoms with Crippen molar-refractivity contribution in [2.24, 2.45) is 0 Å². The van der Waals surface area contributed by atoms with E-state index in [1.54, 1.807) is 25.6 Å². The summed E-state index contributed by atoms with van der Waals surface area (Å²) >= 11 is 1.62. The van der Waals surface area contributed by atoms with Crippen molar-refractivity contribution in [1.29, 1.82) is 0 Å². The molecule has 6 heteroatoms. The smallest absolute Gasteiger partial charge is 0.161 e. The molecule has 0 aliphatic heterocycles. The molecule has 0 spiro atoms. The fourth-order valence-corrected chi connectivity index (χ4v) is 4.10. The number of benzene rings is 2. The molecule has 0 amide bonds. The first kappa shape index (κ1) is 20.1. The minimum Gasteiger partial charge on any atom is -0.493 e. The van der Waals surface area contributed by atoms with Gasteiger partial charge in [-0.25, -0.2) is 4.98 Å². The summed E-state index contributed by atoms with van der Waals surface area (Å²) < 4.78 is 10.7. The summed E-state index contributed by atoms with van der Waals surface area (Å²) in [5.41, 5.74) is 4.15. The maximum Gasteiger partial charge on any atom is 0.161 e. The van der Waals surface area contributed by atoms with Crippen molar-refractivity contribution >= 4 is 11.3 Å². The number of hydrogen-bond acceptors (Lipinski definition) is 6. The lowest BCUT2D eigenvalue weighted by atomic mass is 10.0. The van der Waals surface area contributed by atoms with Crippen LogP contribution >= 0.6 is 11.3 Å².